The van der Waals surface area contributed by atoms with Crippen molar-refractivity contribution in [2.45, 2.75) is 4.90 Å². The van der Waals surface area contributed by atoms with E-state index in [9.17, 15) is 13.2 Å². The van der Waals surface area contributed by atoms with Gasteiger partial charge in [-0.2, -0.15) is 4.31 Å². The van der Waals surface area contributed by atoms with Crippen molar-refractivity contribution in [3.8, 4) is 11.1 Å². The maximum atomic E-state index is 13.2. The quantitative estimate of drug-likeness (QED) is 0.402. The van der Waals surface area contributed by atoms with E-state index in [-0.39, 0.29) is 23.9 Å². The molecule has 1 aromatic heterocycles. The highest BCUT2D eigenvalue weighted by atomic mass is 35.5. The van der Waals surface area contributed by atoms with Crippen LogP contribution in [0, 0.1) is 0 Å². The molecule has 0 spiro atoms. The van der Waals surface area contributed by atoms with Gasteiger partial charge in [0.2, 0.25) is 10.0 Å². The van der Waals surface area contributed by atoms with Crippen molar-refractivity contribution in [2.75, 3.05) is 26.2 Å². The molecule has 34 heavy (non-hydrogen) atoms. The summed E-state index contributed by atoms with van der Waals surface area (Å²) in [6.45, 7) is 1.10. The molecule has 1 amide bonds. The van der Waals surface area contributed by atoms with E-state index in [1.165, 1.54) is 4.31 Å². The summed E-state index contributed by atoms with van der Waals surface area (Å²) in [5, 5.41) is 2.11. The Labute approximate surface area is 207 Å². The summed E-state index contributed by atoms with van der Waals surface area (Å²) in [6.07, 6.45) is 0. The number of hydrogen-bond acceptors (Lipinski definition) is 3. The number of piperazine rings is 1. The first-order chi connectivity index (χ1) is 16.3. The fourth-order valence-corrected chi connectivity index (χ4v) is 5.86. The van der Waals surface area contributed by atoms with Crippen LogP contribution < -0.4 is 0 Å². The van der Waals surface area contributed by atoms with Gasteiger partial charge in [0.1, 0.15) is 5.69 Å². The zero-order valence-corrected chi connectivity index (χ0v) is 20.4. The van der Waals surface area contributed by atoms with Crippen LogP contribution in [0.3, 0.4) is 0 Å². The molecule has 2 heterocycles. The van der Waals surface area contributed by atoms with Gasteiger partial charge in [0.05, 0.1) is 4.90 Å². The minimum Gasteiger partial charge on any atom is -0.351 e. The number of carbonyl (C=O) groups is 1. The number of benzene rings is 3. The molecule has 0 aliphatic carbocycles. The highest BCUT2D eigenvalue weighted by Crippen LogP contribution is 2.26. The smallest absolute Gasteiger partial charge is 0.270 e. The van der Waals surface area contributed by atoms with E-state index in [4.69, 9.17) is 23.2 Å². The van der Waals surface area contributed by atoms with Crippen LogP contribution in [-0.2, 0) is 10.0 Å². The van der Waals surface area contributed by atoms with E-state index in [1.807, 2.05) is 18.2 Å². The van der Waals surface area contributed by atoms with Crippen molar-refractivity contribution in [3.05, 3.63) is 88.5 Å². The van der Waals surface area contributed by atoms with Gasteiger partial charge in [-0.15, -0.1) is 0 Å². The number of carbonyl (C=O) groups excluding carboxylic acids is 1. The Balaban J connectivity index is 1.26. The summed E-state index contributed by atoms with van der Waals surface area (Å²) in [5.74, 6) is -0.156. The average Bonchev–Trinajstić information content (AvgIpc) is 3.27. The van der Waals surface area contributed by atoms with Crippen molar-refractivity contribution in [1.82, 2.24) is 14.2 Å². The Morgan fingerprint density at radius 1 is 0.765 bits per heavy atom. The largest absolute Gasteiger partial charge is 0.351 e. The molecule has 1 fully saturated rings. The van der Waals surface area contributed by atoms with Gasteiger partial charge in [-0.3, -0.25) is 4.79 Å². The van der Waals surface area contributed by atoms with Crippen molar-refractivity contribution in [3.63, 3.8) is 0 Å². The number of fused-ring (bicyclic) bond motifs is 1. The molecule has 0 bridgehead atoms. The fraction of sp³-hybridized carbons (Fsp3) is 0.160. The predicted octanol–water partition coefficient (Wildman–Crippen LogP) is 5.29. The van der Waals surface area contributed by atoms with Crippen molar-refractivity contribution in [2.24, 2.45) is 0 Å². The van der Waals surface area contributed by atoms with Crippen LogP contribution in [0.1, 0.15) is 10.5 Å². The zero-order chi connectivity index (χ0) is 23.9. The molecule has 1 saturated heterocycles. The van der Waals surface area contributed by atoms with Crippen LogP contribution in [-0.4, -0.2) is 54.7 Å². The second-order valence-electron chi connectivity index (χ2n) is 8.14. The van der Waals surface area contributed by atoms with Crippen molar-refractivity contribution < 1.29 is 13.2 Å². The molecule has 0 atom stereocenters. The average molecular weight is 514 g/mol. The predicted molar refractivity (Wildman–Crippen MR) is 135 cm³/mol. The summed E-state index contributed by atoms with van der Waals surface area (Å²) < 4.78 is 27.8. The van der Waals surface area contributed by atoms with E-state index < -0.39 is 10.0 Å². The van der Waals surface area contributed by atoms with Crippen LogP contribution in [0.4, 0.5) is 0 Å². The van der Waals surface area contributed by atoms with E-state index in [1.54, 1.807) is 59.5 Å². The third-order valence-electron chi connectivity index (χ3n) is 6.01. The molecule has 0 radical (unpaired) electrons. The summed E-state index contributed by atoms with van der Waals surface area (Å²) >= 11 is 12.0. The lowest BCUT2D eigenvalue weighted by Gasteiger charge is -2.33. The maximum Gasteiger partial charge on any atom is 0.270 e. The van der Waals surface area contributed by atoms with Crippen LogP contribution in [0.15, 0.2) is 77.7 Å². The van der Waals surface area contributed by atoms with Gasteiger partial charge < -0.3 is 9.88 Å². The highest BCUT2D eigenvalue weighted by molar-refractivity contribution is 7.89. The first-order valence-corrected chi connectivity index (χ1v) is 12.9. The standard InChI is InChI=1S/C25H21Cl2N3O3S/c26-20-5-1-17(2-6-20)18-3-8-22(9-4-18)34(32,33)30-13-11-29(12-14-30)25(31)24-16-19-15-21(27)7-10-23(19)28-24/h1-10,15-16,28H,11-14H2. The third-order valence-corrected chi connectivity index (χ3v) is 8.41. The second kappa shape index (κ2) is 9.07. The Morgan fingerprint density at radius 3 is 2.00 bits per heavy atom. The van der Waals surface area contributed by atoms with Gasteiger partial charge >= 0.3 is 0 Å². The molecule has 9 heteroatoms. The van der Waals surface area contributed by atoms with E-state index >= 15 is 0 Å². The number of rotatable bonds is 4. The normalized spacial score (nSPS) is 15.1. The topological polar surface area (TPSA) is 73.5 Å². The monoisotopic (exact) mass is 513 g/mol. The van der Waals surface area contributed by atoms with Gasteiger partial charge in [-0.1, -0.05) is 47.5 Å². The van der Waals surface area contributed by atoms with Crippen LogP contribution in [0.5, 0.6) is 0 Å². The van der Waals surface area contributed by atoms with Gasteiger partial charge in [0.25, 0.3) is 5.91 Å². The van der Waals surface area contributed by atoms with Gasteiger partial charge in [0, 0.05) is 47.1 Å². The van der Waals surface area contributed by atoms with Gasteiger partial charge in [-0.05, 0) is 59.7 Å². The molecule has 5 rings (SSSR count). The zero-order valence-electron chi connectivity index (χ0n) is 18.0. The second-order valence-corrected chi connectivity index (χ2v) is 11.0. The lowest BCUT2D eigenvalue weighted by molar-refractivity contribution is 0.0693. The van der Waals surface area contributed by atoms with Gasteiger partial charge in [-0.25, -0.2) is 8.42 Å². The van der Waals surface area contributed by atoms with Crippen LogP contribution in [0.2, 0.25) is 10.0 Å². The molecule has 1 aliphatic rings. The third kappa shape index (κ3) is 4.44. The molecule has 4 aromatic rings. The fourth-order valence-electron chi connectivity index (χ4n) is 4.13. The lowest BCUT2D eigenvalue weighted by Crippen LogP contribution is -2.50. The number of H-pyrrole nitrogens is 1. The summed E-state index contributed by atoms with van der Waals surface area (Å²) in [5.41, 5.74) is 3.16. The van der Waals surface area contributed by atoms with Crippen LogP contribution >= 0.6 is 23.2 Å². The SMILES string of the molecule is O=C(c1cc2cc(Cl)ccc2[nH]1)N1CCN(S(=O)(=O)c2ccc(-c3ccc(Cl)cc3)cc2)CC1. The number of hydrogen-bond donors (Lipinski definition) is 1. The molecule has 1 N–H and O–H groups in total. The number of aromatic nitrogens is 1. The number of nitrogens with zero attached hydrogens (tertiary/aromatic N) is 2. The molecular formula is C25H21Cl2N3O3S. The minimum absolute atomic E-state index is 0.156. The van der Waals surface area contributed by atoms with Gasteiger partial charge in [0.15, 0.2) is 0 Å². The molecule has 6 nitrogen and oxygen atoms in total. The molecule has 3 aromatic carbocycles. The molecule has 0 unspecified atom stereocenters. The van der Waals surface area contributed by atoms with Crippen molar-refractivity contribution in [1.29, 1.82) is 0 Å². The Hall–Kier alpha value is -2.84. The minimum atomic E-state index is -3.65. The molecule has 174 valence electrons. The highest BCUT2D eigenvalue weighted by Gasteiger charge is 2.31. The van der Waals surface area contributed by atoms with E-state index in [0.29, 0.717) is 28.8 Å². The van der Waals surface area contributed by atoms with E-state index in [2.05, 4.69) is 4.98 Å². The van der Waals surface area contributed by atoms with Crippen LogP contribution in [0.25, 0.3) is 22.0 Å². The van der Waals surface area contributed by atoms with E-state index in [0.717, 1.165) is 22.0 Å². The summed E-state index contributed by atoms with van der Waals surface area (Å²) in [6, 6.07) is 21.4. The summed E-state index contributed by atoms with van der Waals surface area (Å²) in [4.78, 5) is 18.0. The Bertz CT molecular complexity index is 1460. The first-order valence-electron chi connectivity index (χ1n) is 10.7. The number of aromatic amines is 1. The number of amides is 1. The Morgan fingerprint density at radius 2 is 1.35 bits per heavy atom. The first kappa shape index (κ1) is 22.9. The molecule has 0 saturated carbocycles. The lowest BCUT2D eigenvalue weighted by atomic mass is 10.1. The van der Waals surface area contributed by atoms with Crippen molar-refractivity contribution >= 4 is 50.0 Å². The maximum absolute atomic E-state index is 13.2. The molecular weight excluding hydrogens is 493 g/mol. The Kier molecular flexibility index (Phi) is 6.12. The number of halogens is 2. The molecule has 1 aliphatic heterocycles. The number of sulfonamides is 1. The number of nitrogens with one attached hydrogen (secondary N) is 1. The summed E-state index contributed by atoms with van der Waals surface area (Å²) in [7, 11) is -3.65.